The van der Waals surface area contributed by atoms with E-state index in [9.17, 15) is 14.4 Å². The van der Waals surface area contributed by atoms with Gasteiger partial charge in [-0.15, -0.1) is 0 Å². The summed E-state index contributed by atoms with van der Waals surface area (Å²) in [6, 6.07) is 5.47. The lowest BCUT2D eigenvalue weighted by Crippen LogP contribution is -2.50. The van der Waals surface area contributed by atoms with Crippen LogP contribution in [0.15, 0.2) is 18.2 Å². The fourth-order valence-corrected chi connectivity index (χ4v) is 4.63. The van der Waals surface area contributed by atoms with Gasteiger partial charge in [0.15, 0.2) is 0 Å². The average Bonchev–Trinajstić information content (AvgIpc) is 2.83. The maximum Gasteiger partial charge on any atom is 0.326 e. The Morgan fingerprint density at radius 1 is 1.14 bits per heavy atom. The third-order valence-corrected chi connectivity index (χ3v) is 6.28. The molecule has 1 aliphatic heterocycles. The molecule has 3 rings (SSSR count). The first-order chi connectivity index (χ1) is 13.5. The van der Waals surface area contributed by atoms with Gasteiger partial charge in [0.2, 0.25) is 0 Å². The standard InChI is InChI=1S/C23H32N2O4/c1-15-10-16(2)12-17(11-15)14-29-19(26)13-25-20(27)23(24-21(25)28)8-6-18(7-9-23)22(3,4)5/h10-12,18H,6-9,13-14H2,1-5H3,(H,24,28). The van der Waals surface area contributed by atoms with Gasteiger partial charge in [-0.25, -0.2) is 4.79 Å². The molecule has 2 fully saturated rings. The van der Waals surface area contributed by atoms with Gasteiger partial charge in [0, 0.05) is 0 Å². The number of aryl methyl sites for hydroxylation is 2. The molecule has 0 bridgehead atoms. The SMILES string of the molecule is Cc1cc(C)cc(COC(=O)CN2C(=O)NC3(CCC(C(C)(C)C)CC3)C2=O)c1. The van der Waals surface area contributed by atoms with Crippen LogP contribution in [0.2, 0.25) is 0 Å². The van der Waals surface area contributed by atoms with Gasteiger partial charge in [-0.05, 0) is 56.4 Å². The number of nitrogens with zero attached hydrogens (tertiary/aromatic N) is 1. The highest BCUT2D eigenvalue weighted by molar-refractivity contribution is 6.08. The highest BCUT2D eigenvalue weighted by Gasteiger charge is 2.53. The molecule has 158 valence electrons. The lowest BCUT2D eigenvalue weighted by Gasteiger charge is -2.40. The minimum atomic E-state index is -0.854. The molecule has 1 aromatic carbocycles. The molecule has 1 aromatic rings. The number of carbonyl (C=O) groups excluding carboxylic acids is 3. The van der Waals surface area contributed by atoms with Crippen LogP contribution in [0.5, 0.6) is 0 Å². The van der Waals surface area contributed by atoms with E-state index in [1.165, 1.54) is 0 Å². The number of carbonyl (C=O) groups is 3. The first kappa shape index (κ1) is 21.3. The van der Waals surface area contributed by atoms with Crippen molar-refractivity contribution in [1.29, 1.82) is 0 Å². The summed E-state index contributed by atoms with van der Waals surface area (Å²) in [7, 11) is 0. The number of amides is 3. The summed E-state index contributed by atoms with van der Waals surface area (Å²) < 4.78 is 5.32. The molecule has 6 heteroatoms. The maximum absolute atomic E-state index is 13.0. The largest absolute Gasteiger partial charge is 0.459 e. The van der Waals surface area contributed by atoms with E-state index in [0.717, 1.165) is 34.4 Å². The maximum atomic E-state index is 13.0. The molecule has 0 radical (unpaired) electrons. The highest BCUT2D eigenvalue weighted by Crippen LogP contribution is 2.43. The number of ether oxygens (including phenoxy) is 1. The van der Waals surface area contributed by atoms with Crippen LogP contribution < -0.4 is 5.32 Å². The zero-order valence-electron chi connectivity index (χ0n) is 18.1. The summed E-state index contributed by atoms with van der Waals surface area (Å²) in [6.45, 7) is 10.4. The molecule has 0 atom stereocenters. The second-order valence-corrected chi connectivity index (χ2v) is 9.70. The Bertz CT molecular complexity index is 796. The molecule has 2 aliphatic rings. The second kappa shape index (κ2) is 7.81. The predicted molar refractivity (Wildman–Crippen MR) is 110 cm³/mol. The summed E-state index contributed by atoms with van der Waals surface area (Å²) >= 11 is 0. The van der Waals surface area contributed by atoms with E-state index in [1.54, 1.807) is 0 Å². The first-order valence-corrected chi connectivity index (χ1v) is 10.4. The fraction of sp³-hybridized carbons (Fsp3) is 0.609. The van der Waals surface area contributed by atoms with E-state index in [4.69, 9.17) is 4.74 Å². The van der Waals surface area contributed by atoms with Gasteiger partial charge in [-0.2, -0.15) is 0 Å². The van der Waals surface area contributed by atoms with E-state index in [-0.39, 0.29) is 24.5 Å². The monoisotopic (exact) mass is 400 g/mol. The van der Waals surface area contributed by atoms with Crippen LogP contribution in [-0.4, -0.2) is 34.9 Å². The van der Waals surface area contributed by atoms with Gasteiger partial charge < -0.3 is 10.1 Å². The third kappa shape index (κ3) is 4.62. The molecule has 1 spiro atoms. The molecule has 1 saturated heterocycles. The molecular formula is C23H32N2O4. The summed E-state index contributed by atoms with van der Waals surface area (Å²) in [6.07, 6.45) is 3.02. The molecule has 1 aliphatic carbocycles. The molecule has 1 N–H and O–H groups in total. The molecule has 0 aromatic heterocycles. The topological polar surface area (TPSA) is 75.7 Å². The second-order valence-electron chi connectivity index (χ2n) is 9.70. The number of imide groups is 1. The summed E-state index contributed by atoms with van der Waals surface area (Å²) in [5, 5.41) is 2.86. The van der Waals surface area contributed by atoms with Crippen molar-refractivity contribution in [3.63, 3.8) is 0 Å². The van der Waals surface area contributed by atoms with E-state index in [1.807, 2.05) is 32.0 Å². The number of benzene rings is 1. The van der Waals surface area contributed by atoms with Crippen LogP contribution in [0, 0.1) is 25.2 Å². The lowest BCUT2D eigenvalue weighted by molar-refractivity contribution is -0.149. The Labute approximate surface area is 173 Å². The fourth-order valence-electron chi connectivity index (χ4n) is 4.63. The summed E-state index contributed by atoms with van der Waals surface area (Å²) in [5.74, 6) is -0.346. The minimum absolute atomic E-state index is 0.128. The van der Waals surface area contributed by atoms with Crippen molar-refractivity contribution in [2.75, 3.05) is 6.54 Å². The zero-order chi connectivity index (χ0) is 21.4. The van der Waals surface area contributed by atoms with Crippen LogP contribution in [0.3, 0.4) is 0 Å². The Morgan fingerprint density at radius 2 is 1.72 bits per heavy atom. The Morgan fingerprint density at radius 3 is 2.28 bits per heavy atom. The van der Waals surface area contributed by atoms with Crippen molar-refractivity contribution in [2.45, 2.75) is 72.4 Å². The Kier molecular flexibility index (Phi) is 5.74. The van der Waals surface area contributed by atoms with Crippen LogP contribution in [-0.2, 0) is 20.9 Å². The minimum Gasteiger partial charge on any atom is -0.459 e. The van der Waals surface area contributed by atoms with Crippen LogP contribution in [0.25, 0.3) is 0 Å². The van der Waals surface area contributed by atoms with E-state index < -0.39 is 17.5 Å². The number of rotatable bonds is 4. The van der Waals surface area contributed by atoms with Crippen LogP contribution >= 0.6 is 0 Å². The van der Waals surface area contributed by atoms with Crippen LogP contribution in [0.1, 0.15) is 63.1 Å². The molecule has 6 nitrogen and oxygen atoms in total. The van der Waals surface area contributed by atoms with E-state index in [2.05, 4.69) is 26.1 Å². The predicted octanol–water partition coefficient (Wildman–Crippen LogP) is 3.87. The molecule has 1 heterocycles. The van der Waals surface area contributed by atoms with Gasteiger partial charge in [-0.3, -0.25) is 14.5 Å². The number of esters is 1. The Balaban J connectivity index is 1.58. The van der Waals surface area contributed by atoms with Crippen molar-refractivity contribution in [3.05, 3.63) is 34.9 Å². The smallest absolute Gasteiger partial charge is 0.326 e. The van der Waals surface area contributed by atoms with Crippen molar-refractivity contribution in [1.82, 2.24) is 10.2 Å². The van der Waals surface area contributed by atoms with E-state index >= 15 is 0 Å². The molecule has 3 amide bonds. The number of urea groups is 1. The Hall–Kier alpha value is -2.37. The first-order valence-electron chi connectivity index (χ1n) is 10.4. The van der Waals surface area contributed by atoms with Crippen molar-refractivity contribution in [3.8, 4) is 0 Å². The highest BCUT2D eigenvalue weighted by atomic mass is 16.5. The third-order valence-electron chi connectivity index (χ3n) is 6.28. The van der Waals surface area contributed by atoms with Crippen molar-refractivity contribution < 1.29 is 19.1 Å². The number of hydrogen-bond donors (Lipinski definition) is 1. The molecule has 0 unspecified atom stereocenters. The van der Waals surface area contributed by atoms with Gasteiger partial charge in [0.1, 0.15) is 18.7 Å². The summed E-state index contributed by atoms with van der Waals surface area (Å²) in [5.41, 5.74) is 2.42. The molecular weight excluding hydrogens is 368 g/mol. The quantitative estimate of drug-likeness (QED) is 0.615. The number of hydrogen-bond acceptors (Lipinski definition) is 4. The lowest BCUT2D eigenvalue weighted by atomic mass is 9.67. The summed E-state index contributed by atoms with van der Waals surface area (Å²) in [4.78, 5) is 38.7. The van der Waals surface area contributed by atoms with Gasteiger partial charge in [0.05, 0.1) is 0 Å². The van der Waals surface area contributed by atoms with Crippen molar-refractivity contribution in [2.24, 2.45) is 11.3 Å². The average molecular weight is 401 g/mol. The van der Waals surface area contributed by atoms with Crippen LogP contribution in [0.4, 0.5) is 4.79 Å². The molecule has 1 saturated carbocycles. The van der Waals surface area contributed by atoms with Gasteiger partial charge >= 0.3 is 12.0 Å². The molecule has 29 heavy (non-hydrogen) atoms. The zero-order valence-corrected chi connectivity index (χ0v) is 18.1. The normalized spacial score (nSPS) is 24.7. The number of nitrogens with one attached hydrogen (secondary N) is 1. The van der Waals surface area contributed by atoms with E-state index in [0.29, 0.717) is 18.8 Å². The van der Waals surface area contributed by atoms with Crippen molar-refractivity contribution >= 4 is 17.9 Å². The van der Waals surface area contributed by atoms with Gasteiger partial charge in [0.25, 0.3) is 5.91 Å². The van der Waals surface area contributed by atoms with Gasteiger partial charge in [-0.1, -0.05) is 50.1 Å².